The van der Waals surface area contributed by atoms with E-state index in [1.54, 1.807) is 45.0 Å². The average Bonchev–Trinajstić information content (AvgIpc) is 3.12. The summed E-state index contributed by atoms with van der Waals surface area (Å²) in [5.41, 5.74) is 5.66. The van der Waals surface area contributed by atoms with Crippen LogP contribution in [-0.2, 0) is 16.1 Å². The summed E-state index contributed by atoms with van der Waals surface area (Å²) in [6.45, 7) is 5.56. The molecule has 0 saturated carbocycles. The van der Waals surface area contributed by atoms with Crippen LogP contribution in [0.5, 0.6) is 0 Å². The van der Waals surface area contributed by atoms with Crippen molar-refractivity contribution in [1.82, 2.24) is 20.4 Å². The summed E-state index contributed by atoms with van der Waals surface area (Å²) in [7, 11) is 0. The Morgan fingerprint density at radius 1 is 1.09 bits per heavy atom. The van der Waals surface area contributed by atoms with E-state index in [-0.39, 0.29) is 25.2 Å². The van der Waals surface area contributed by atoms with Gasteiger partial charge in [0.15, 0.2) is 17.3 Å². The van der Waals surface area contributed by atoms with E-state index in [4.69, 9.17) is 5.73 Å². The first-order valence-electron chi connectivity index (χ1n) is 10.7. The second-order valence-electron chi connectivity index (χ2n) is 9.05. The zero-order valence-corrected chi connectivity index (χ0v) is 19.2. The second kappa shape index (κ2) is 9.98. The van der Waals surface area contributed by atoms with Gasteiger partial charge >= 0.3 is 0 Å². The number of benzene rings is 2. The first-order valence-corrected chi connectivity index (χ1v) is 10.7. The largest absolute Gasteiger partial charge is 0.370 e. The van der Waals surface area contributed by atoms with Gasteiger partial charge in [0.1, 0.15) is 6.04 Å². The molecular formula is C24H27F2N5O3. The molecule has 0 unspecified atom stereocenters. The number of para-hydroxylation sites is 1. The Morgan fingerprint density at radius 3 is 2.44 bits per heavy atom. The van der Waals surface area contributed by atoms with Gasteiger partial charge in [-0.25, -0.2) is 8.78 Å². The molecule has 3 rings (SSSR count). The summed E-state index contributed by atoms with van der Waals surface area (Å²) in [5.74, 6) is -3.48. The van der Waals surface area contributed by atoms with E-state index in [9.17, 15) is 23.2 Å². The van der Waals surface area contributed by atoms with Crippen molar-refractivity contribution in [3.63, 3.8) is 0 Å². The number of primary amides is 1. The zero-order chi connectivity index (χ0) is 25.0. The number of nitrogens with zero attached hydrogens (tertiary/aromatic N) is 2. The molecule has 34 heavy (non-hydrogen) atoms. The summed E-state index contributed by atoms with van der Waals surface area (Å²) in [6, 6.07) is 9.66. The molecule has 1 heterocycles. The van der Waals surface area contributed by atoms with Crippen LogP contribution in [0.1, 0.15) is 43.2 Å². The third-order valence-corrected chi connectivity index (χ3v) is 5.26. The van der Waals surface area contributed by atoms with Crippen molar-refractivity contribution >= 4 is 28.6 Å². The standard InChI is InChI=1S/C24H27F2N5O3/c1-24(2,3)21(23(34)28-11-10-19(27)32)29-22(33)20-15-6-4-5-7-18(15)31(30-20)13-14-8-9-16(25)17(26)12-14/h4-9,12,21H,10-11,13H2,1-3H3,(H2,27,32)(H,28,34)(H,29,33)/t21-/m1/s1. The first kappa shape index (κ1) is 24.8. The van der Waals surface area contributed by atoms with Crippen LogP contribution in [0.25, 0.3) is 10.9 Å². The lowest BCUT2D eigenvalue weighted by Gasteiger charge is -2.30. The molecule has 0 bridgehead atoms. The highest BCUT2D eigenvalue weighted by Gasteiger charge is 2.34. The van der Waals surface area contributed by atoms with Crippen molar-refractivity contribution in [1.29, 1.82) is 0 Å². The number of hydrogen-bond acceptors (Lipinski definition) is 4. The van der Waals surface area contributed by atoms with Crippen LogP contribution in [0.2, 0.25) is 0 Å². The van der Waals surface area contributed by atoms with Crippen LogP contribution < -0.4 is 16.4 Å². The maximum absolute atomic E-state index is 13.7. The molecule has 3 amide bonds. The van der Waals surface area contributed by atoms with Gasteiger partial charge in [-0.2, -0.15) is 5.10 Å². The summed E-state index contributed by atoms with van der Waals surface area (Å²) in [5, 5.41) is 10.3. The Kier molecular flexibility index (Phi) is 7.29. The molecular weight excluding hydrogens is 444 g/mol. The van der Waals surface area contributed by atoms with Crippen LogP contribution in [0.3, 0.4) is 0 Å². The molecule has 4 N–H and O–H groups in total. The molecule has 0 fully saturated rings. The minimum absolute atomic E-state index is 0.0183. The zero-order valence-electron chi connectivity index (χ0n) is 19.2. The average molecular weight is 472 g/mol. The van der Waals surface area contributed by atoms with Gasteiger partial charge in [0.25, 0.3) is 5.91 Å². The van der Waals surface area contributed by atoms with Gasteiger partial charge in [-0.05, 0) is 29.2 Å². The number of nitrogens with one attached hydrogen (secondary N) is 2. The number of carbonyl (C=O) groups is 3. The van der Waals surface area contributed by atoms with Gasteiger partial charge in [0.2, 0.25) is 11.8 Å². The smallest absolute Gasteiger partial charge is 0.273 e. The highest BCUT2D eigenvalue weighted by Crippen LogP contribution is 2.23. The lowest BCUT2D eigenvalue weighted by atomic mass is 9.86. The van der Waals surface area contributed by atoms with Gasteiger partial charge < -0.3 is 16.4 Å². The SMILES string of the molecule is CC(C)(C)[C@H](NC(=O)c1nn(Cc2ccc(F)c(F)c2)c2ccccc12)C(=O)NCCC(N)=O. The molecule has 0 spiro atoms. The van der Waals surface area contributed by atoms with E-state index in [0.717, 1.165) is 12.1 Å². The lowest BCUT2D eigenvalue weighted by Crippen LogP contribution is -2.54. The van der Waals surface area contributed by atoms with Crippen molar-refractivity contribution in [3.05, 3.63) is 65.4 Å². The van der Waals surface area contributed by atoms with E-state index in [1.165, 1.54) is 10.7 Å². The molecule has 3 aromatic rings. The van der Waals surface area contributed by atoms with Gasteiger partial charge in [-0.3, -0.25) is 19.1 Å². The number of hydrogen-bond donors (Lipinski definition) is 3. The third kappa shape index (κ3) is 5.75. The molecule has 0 aliphatic carbocycles. The Labute approximate surface area is 195 Å². The molecule has 1 aromatic heterocycles. The minimum Gasteiger partial charge on any atom is -0.370 e. The van der Waals surface area contributed by atoms with E-state index in [1.807, 2.05) is 0 Å². The quantitative estimate of drug-likeness (QED) is 0.468. The first-order chi connectivity index (χ1) is 16.0. The summed E-state index contributed by atoms with van der Waals surface area (Å²) < 4.78 is 28.5. The number of amides is 3. The summed E-state index contributed by atoms with van der Waals surface area (Å²) >= 11 is 0. The van der Waals surface area contributed by atoms with Crippen molar-refractivity contribution in [2.24, 2.45) is 11.1 Å². The van der Waals surface area contributed by atoms with Gasteiger partial charge in [-0.1, -0.05) is 45.0 Å². The van der Waals surface area contributed by atoms with Crippen molar-refractivity contribution in [2.45, 2.75) is 39.8 Å². The lowest BCUT2D eigenvalue weighted by molar-refractivity contribution is -0.125. The number of rotatable bonds is 8. The number of halogens is 2. The molecule has 2 aromatic carbocycles. The normalized spacial score (nSPS) is 12.4. The van der Waals surface area contributed by atoms with E-state index in [2.05, 4.69) is 15.7 Å². The Morgan fingerprint density at radius 2 is 1.79 bits per heavy atom. The summed E-state index contributed by atoms with van der Waals surface area (Å²) in [4.78, 5) is 36.9. The molecule has 0 aliphatic rings. The number of carbonyl (C=O) groups excluding carboxylic acids is 3. The fourth-order valence-corrected chi connectivity index (χ4v) is 3.51. The van der Waals surface area contributed by atoms with Gasteiger partial charge in [0, 0.05) is 18.4 Å². The fourth-order valence-electron chi connectivity index (χ4n) is 3.51. The van der Waals surface area contributed by atoms with E-state index >= 15 is 0 Å². The topological polar surface area (TPSA) is 119 Å². The molecule has 180 valence electrons. The Hall–Kier alpha value is -3.82. The van der Waals surface area contributed by atoms with E-state index < -0.39 is 40.8 Å². The molecule has 1 atom stereocenters. The fraction of sp³-hybridized carbons (Fsp3) is 0.333. The maximum Gasteiger partial charge on any atom is 0.273 e. The highest BCUT2D eigenvalue weighted by molar-refractivity contribution is 6.06. The van der Waals surface area contributed by atoms with Gasteiger partial charge in [0.05, 0.1) is 12.1 Å². The van der Waals surface area contributed by atoms with Gasteiger partial charge in [-0.15, -0.1) is 0 Å². The third-order valence-electron chi connectivity index (χ3n) is 5.26. The Bertz CT molecular complexity index is 1230. The second-order valence-corrected chi connectivity index (χ2v) is 9.05. The number of fused-ring (bicyclic) bond motifs is 1. The Balaban J connectivity index is 1.88. The molecule has 0 radical (unpaired) electrons. The maximum atomic E-state index is 13.7. The monoisotopic (exact) mass is 471 g/mol. The summed E-state index contributed by atoms with van der Waals surface area (Å²) in [6.07, 6.45) is -0.0183. The minimum atomic E-state index is -0.970. The van der Waals surface area contributed by atoms with Crippen LogP contribution in [0.15, 0.2) is 42.5 Å². The highest BCUT2D eigenvalue weighted by atomic mass is 19.2. The van der Waals surface area contributed by atoms with Crippen LogP contribution in [0, 0.1) is 17.0 Å². The molecule has 10 heteroatoms. The van der Waals surface area contributed by atoms with Crippen molar-refractivity contribution in [2.75, 3.05) is 6.54 Å². The van der Waals surface area contributed by atoms with Crippen LogP contribution >= 0.6 is 0 Å². The van der Waals surface area contributed by atoms with Crippen LogP contribution in [0.4, 0.5) is 8.78 Å². The van der Waals surface area contributed by atoms with Crippen LogP contribution in [-0.4, -0.2) is 40.1 Å². The predicted molar refractivity (Wildman–Crippen MR) is 123 cm³/mol. The van der Waals surface area contributed by atoms with Crippen molar-refractivity contribution in [3.8, 4) is 0 Å². The molecule has 8 nitrogen and oxygen atoms in total. The number of nitrogens with two attached hydrogens (primary N) is 1. The van der Waals surface area contributed by atoms with Crippen molar-refractivity contribution < 1.29 is 23.2 Å². The van der Waals surface area contributed by atoms with E-state index in [0.29, 0.717) is 16.5 Å². The molecule has 0 aliphatic heterocycles. The molecule has 0 saturated heterocycles. The number of aromatic nitrogens is 2. The predicted octanol–water partition coefficient (Wildman–Crippen LogP) is 2.50.